The zero-order valence-electron chi connectivity index (χ0n) is 25.0. The minimum Gasteiger partial charge on any atom is -0.432 e. The lowest BCUT2D eigenvalue weighted by molar-refractivity contribution is -0.306. The highest BCUT2D eigenvalue weighted by Gasteiger charge is 2.67. The molecule has 0 aromatic carbocycles. The lowest BCUT2D eigenvalue weighted by Crippen LogP contribution is -2.62. The van der Waals surface area contributed by atoms with Crippen molar-refractivity contribution in [3.63, 3.8) is 0 Å². The van der Waals surface area contributed by atoms with Crippen molar-refractivity contribution < 1.29 is 59.5 Å². The van der Waals surface area contributed by atoms with Gasteiger partial charge in [0.2, 0.25) is 6.29 Å². The number of aliphatic hydroxyl groups is 7. The quantitative estimate of drug-likeness (QED) is 0.154. The van der Waals surface area contributed by atoms with E-state index >= 15 is 0 Å². The molecule has 0 aromatic rings. The van der Waals surface area contributed by atoms with E-state index in [1.54, 1.807) is 0 Å². The van der Waals surface area contributed by atoms with E-state index < -0.39 is 79.4 Å². The Hall–Kier alpha value is -1.19. The van der Waals surface area contributed by atoms with Gasteiger partial charge < -0.3 is 54.7 Å². The van der Waals surface area contributed by atoms with Gasteiger partial charge in [-0.05, 0) is 74.5 Å². The van der Waals surface area contributed by atoms with Crippen molar-refractivity contribution in [2.24, 2.45) is 34.0 Å². The first-order chi connectivity index (χ1) is 20.2. The minimum absolute atomic E-state index is 0.0175. The summed E-state index contributed by atoms with van der Waals surface area (Å²) in [5, 5.41) is 72.7. The molecular formula is C31H48O12. The van der Waals surface area contributed by atoms with E-state index in [1.807, 2.05) is 6.92 Å². The first-order valence-electron chi connectivity index (χ1n) is 15.7. The number of hydrogen-bond acceptors (Lipinski definition) is 12. The molecule has 12 nitrogen and oxygen atoms in total. The maximum absolute atomic E-state index is 14.0. The first-order valence-corrected chi connectivity index (χ1v) is 15.7. The van der Waals surface area contributed by atoms with Gasteiger partial charge in [0.1, 0.15) is 36.1 Å². The van der Waals surface area contributed by atoms with E-state index in [9.17, 15) is 40.5 Å². The third kappa shape index (κ3) is 4.83. The Kier molecular flexibility index (Phi) is 8.10. The molecule has 244 valence electrons. The Morgan fingerprint density at radius 3 is 2.47 bits per heavy atom. The standard InChI is InChI=1S/C31H48O12/c1-15-10-30-8-5-19-28(2,20(30)9-17(33)16(15)11-30)6-4-7-29(19,3)27(38)43-25-23(36)22(35)21(34)18(42-25)12-40-26-24(37)31(39,13-32)14-41-26/h16-26,32-37,39H,1,4-14H2,2-3H3/t16-,17+,18+,19-,20-,21+,22-,23+,24-,25-,26+,28+,29-,30+,31+/m0/s1. The van der Waals surface area contributed by atoms with Crippen LogP contribution in [0.25, 0.3) is 0 Å². The molecule has 6 aliphatic rings. The van der Waals surface area contributed by atoms with Crippen LogP contribution in [-0.4, -0.2) is 116 Å². The summed E-state index contributed by atoms with van der Waals surface area (Å²) in [4.78, 5) is 14.0. The second-order valence-corrected chi connectivity index (χ2v) is 14.9. The minimum atomic E-state index is -1.91. The molecule has 2 heterocycles. The topological polar surface area (TPSA) is 196 Å². The molecule has 4 aliphatic carbocycles. The van der Waals surface area contributed by atoms with Crippen molar-refractivity contribution in [2.75, 3.05) is 19.8 Å². The van der Waals surface area contributed by atoms with Crippen LogP contribution in [0.2, 0.25) is 0 Å². The zero-order valence-corrected chi connectivity index (χ0v) is 25.0. The summed E-state index contributed by atoms with van der Waals surface area (Å²) in [6, 6.07) is 0. The fourth-order valence-electron chi connectivity index (χ4n) is 10.1. The van der Waals surface area contributed by atoms with Crippen LogP contribution in [-0.2, 0) is 23.7 Å². The van der Waals surface area contributed by atoms with Crippen LogP contribution in [0.1, 0.15) is 65.2 Å². The van der Waals surface area contributed by atoms with Gasteiger partial charge in [-0.2, -0.15) is 0 Å². The molecule has 12 heteroatoms. The molecule has 6 rings (SSSR count). The van der Waals surface area contributed by atoms with Gasteiger partial charge in [0, 0.05) is 5.92 Å². The van der Waals surface area contributed by atoms with E-state index in [0.29, 0.717) is 12.8 Å². The summed E-state index contributed by atoms with van der Waals surface area (Å²) >= 11 is 0. The summed E-state index contributed by atoms with van der Waals surface area (Å²) < 4.78 is 22.3. The van der Waals surface area contributed by atoms with Crippen LogP contribution in [0.5, 0.6) is 0 Å². The summed E-state index contributed by atoms with van der Waals surface area (Å²) in [5.74, 6) is -0.150. The highest BCUT2D eigenvalue weighted by Crippen LogP contribution is 2.72. The number of carbonyl (C=O) groups excluding carboxylic acids is 1. The molecule has 2 aliphatic heterocycles. The molecule has 0 amide bonds. The Labute approximate surface area is 251 Å². The normalized spacial score (nSPS) is 54.6. The molecular weight excluding hydrogens is 564 g/mol. The molecule has 0 radical (unpaired) electrons. The number of ether oxygens (including phenoxy) is 4. The van der Waals surface area contributed by atoms with Gasteiger partial charge in [0.25, 0.3) is 0 Å². The van der Waals surface area contributed by atoms with Gasteiger partial charge in [-0.25, -0.2) is 0 Å². The maximum atomic E-state index is 14.0. The largest absolute Gasteiger partial charge is 0.432 e. The molecule has 15 atom stereocenters. The average molecular weight is 613 g/mol. The smallest absolute Gasteiger partial charge is 0.314 e. The number of rotatable bonds is 6. The monoisotopic (exact) mass is 612 g/mol. The summed E-state index contributed by atoms with van der Waals surface area (Å²) in [5.41, 5.74) is -1.74. The van der Waals surface area contributed by atoms with Gasteiger partial charge in [-0.15, -0.1) is 0 Å². The molecule has 2 saturated heterocycles. The lowest BCUT2D eigenvalue weighted by atomic mass is 9.41. The summed E-state index contributed by atoms with van der Waals surface area (Å²) in [7, 11) is 0. The molecule has 0 aromatic heterocycles. The fourth-order valence-corrected chi connectivity index (χ4v) is 10.1. The predicted molar refractivity (Wildman–Crippen MR) is 148 cm³/mol. The van der Waals surface area contributed by atoms with Crippen LogP contribution >= 0.6 is 0 Å². The van der Waals surface area contributed by atoms with Crippen molar-refractivity contribution >= 4 is 5.97 Å². The van der Waals surface area contributed by atoms with E-state index in [2.05, 4.69) is 13.5 Å². The highest BCUT2D eigenvalue weighted by atomic mass is 16.7. The molecule has 6 fully saturated rings. The lowest BCUT2D eigenvalue weighted by Gasteiger charge is -2.64. The third-order valence-electron chi connectivity index (χ3n) is 12.5. The third-order valence-corrected chi connectivity index (χ3v) is 12.5. The van der Waals surface area contributed by atoms with Crippen molar-refractivity contribution in [3.05, 3.63) is 12.2 Å². The van der Waals surface area contributed by atoms with E-state index in [0.717, 1.165) is 44.1 Å². The molecule has 2 bridgehead atoms. The Balaban J connectivity index is 1.16. The molecule has 0 unspecified atom stereocenters. The summed E-state index contributed by atoms with van der Waals surface area (Å²) in [6.45, 7) is 6.91. The Morgan fingerprint density at radius 2 is 1.77 bits per heavy atom. The zero-order chi connectivity index (χ0) is 31.1. The number of hydrogen-bond donors (Lipinski definition) is 7. The van der Waals surface area contributed by atoms with Crippen LogP contribution in [0.15, 0.2) is 12.2 Å². The second kappa shape index (κ2) is 11.0. The van der Waals surface area contributed by atoms with Crippen LogP contribution in [0.4, 0.5) is 0 Å². The van der Waals surface area contributed by atoms with E-state index in [-0.39, 0.29) is 35.2 Å². The molecule has 7 N–H and O–H groups in total. The Bertz CT molecular complexity index is 1100. The predicted octanol–water partition coefficient (Wildman–Crippen LogP) is -0.266. The van der Waals surface area contributed by atoms with Crippen molar-refractivity contribution in [2.45, 2.75) is 120 Å². The Morgan fingerprint density at radius 1 is 1.02 bits per heavy atom. The molecule has 4 saturated carbocycles. The van der Waals surface area contributed by atoms with Crippen LogP contribution in [0.3, 0.4) is 0 Å². The maximum Gasteiger partial charge on any atom is 0.314 e. The van der Waals surface area contributed by atoms with Crippen molar-refractivity contribution in [1.82, 2.24) is 0 Å². The number of aliphatic hydroxyl groups excluding tert-OH is 6. The summed E-state index contributed by atoms with van der Waals surface area (Å²) in [6.07, 6.45) is -4.49. The van der Waals surface area contributed by atoms with Crippen LogP contribution in [0, 0.1) is 34.0 Å². The second-order valence-electron chi connectivity index (χ2n) is 14.9. The number of esters is 1. The number of carbonyl (C=O) groups is 1. The average Bonchev–Trinajstić information content (AvgIpc) is 3.42. The van der Waals surface area contributed by atoms with Gasteiger partial charge in [-0.1, -0.05) is 25.5 Å². The van der Waals surface area contributed by atoms with Gasteiger partial charge >= 0.3 is 5.97 Å². The molecule has 1 spiro atoms. The fraction of sp³-hybridized carbons (Fsp3) is 0.903. The number of fused-ring (bicyclic) bond motifs is 3. The highest BCUT2D eigenvalue weighted by molar-refractivity contribution is 5.77. The van der Waals surface area contributed by atoms with Gasteiger partial charge in [0.05, 0.1) is 31.3 Å². The van der Waals surface area contributed by atoms with Crippen molar-refractivity contribution in [3.8, 4) is 0 Å². The van der Waals surface area contributed by atoms with Gasteiger partial charge in [-0.3, -0.25) is 4.79 Å². The van der Waals surface area contributed by atoms with E-state index in [4.69, 9.17) is 18.9 Å². The molecule has 43 heavy (non-hydrogen) atoms. The first kappa shape index (κ1) is 31.8. The van der Waals surface area contributed by atoms with E-state index in [1.165, 1.54) is 0 Å². The van der Waals surface area contributed by atoms with Gasteiger partial charge in [0.15, 0.2) is 6.29 Å². The SMILES string of the molecule is C=C1C[C@@]23CC[C@H]4[C@@](C)(CCC[C@]4(C)C(=O)O[C@@H]4O[C@H](CO[C@@H]5OC[C@](O)(CO)[C@H]5O)[C@@H](O)[C@H](O)[C@H]4O)[C@@H]2C[C@@H](O)[C@H]1C3. The van der Waals surface area contributed by atoms with Crippen molar-refractivity contribution in [1.29, 1.82) is 0 Å². The van der Waals surface area contributed by atoms with Crippen LogP contribution < -0.4 is 0 Å².